The van der Waals surface area contributed by atoms with Gasteiger partial charge in [-0.25, -0.2) is 4.98 Å². The van der Waals surface area contributed by atoms with Gasteiger partial charge in [0.05, 0.1) is 14.2 Å². The molecule has 6 heteroatoms. The Morgan fingerprint density at radius 1 is 1.18 bits per heavy atom. The molecule has 0 fully saturated rings. The van der Waals surface area contributed by atoms with Gasteiger partial charge in [-0.15, -0.1) is 0 Å². The molecule has 0 unspecified atom stereocenters. The maximum Gasteiger partial charge on any atom is 0.253 e. The molecule has 1 aliphatic rings. The van der Waals surface area contributed by atoms with Gasteiger partial charge in [-0.05, 0) is 48.2 Å². The van der Waals surface area contributed by atoms with Crippen molar-refractivity contribution in [1.29, 1.82) is 0 Å². The van der Waals surface area contributed by atoms with E-state index in [-0.39, 0.29) is 5.91 Å². The quantitative estimate of drug-likeness (QED) is 0.732. The highest BCUT2D eigenvalue weighted by atomic mass is 16.5. The number of hydrogen-bond acceptors (Lipinski definition) is 5. The second-order valence-electron chi connectivity index (χ2n) is 7.13. The van der Waals surface area contributed by atoms with Gasteiger partial charge < -0.3 is 19.3 Å². The molecule has 0 N–H and O–H groups in total. The number of pyridine rings is 1. The van der Waals surface area contributed by atoms with Crippen LogP contribution in [0.2, 0.25) is 0 Å². The smallest absolute Gasteiger partial charge is 0.253 e. The van der Waals surface area contributed by atoms with Crippen LogP contribution in [-0.4, -0.2) is 50.1 Å². The Morgan fingerprint density at radius 3 is 2.57 bits per heavy atom. The molecule has 0 bridgehead atoms. The standard InChI is InChI=1S/C22H29N3O3/c1-5-6-10-24(2)22(26)17-7-9-23-21(14-17)25-11-8-16-12-19(27-3)20(28-4)13-18(16)15-25/h7,9,12-14H,5-6,8,10-11,15H2,1-4H3. The minimum absolute atomic E-state index is 0.0425. The van der Waals surface area contributed by atoms with E-state index < -0.39 is 0 Å². The second kappa shape index (κ2) is 8.95. The fourth-order valence-corrected chi connectivity index (χ4v) is 3.52. The first-order chi connectivity index (χ1) is 13.6. The van der Waals surface area contributed by atoms with Gasteiger partial charge in [0.15, 0.2) is 11.5 Å². The van der Waals surface area contributed by atoms with Crippen molar-refractivity contribution >= 4 is 11.7 Å². The third kappa shape index (κ3) is 4.21. The van der Waals surface area contributed by atoms with Crippen LogP contribution < -0.4 is 14.4 Å². The van der Waals surface area contributed by atoms with Gasteiger partial charge in [-0.1, -0.05) is 13.3 Å². The largest absolute Gasteiger partial charge is 0.493 e. The zero-order chi connectivity index (χ0) is 20.1. The van der Waals surface area contributed by atoms with E-state index >= 15 is 0 Å². The predicted octanol–water partition coefficient (Wildman–Crippen LogP) is 3.53. The van der Waals surface area contributed by atoms with Crippen LogP contribution >= 0.6 is 0 Å². The highest BCUT2D eigenvalue weighted by Crippen LogP contribution is 2.34. The number of methoxy groups -OCH3 is 2. The molecule has 2 heterocycles. The number of benzene rings is 1. The number of rotatable bonds is 7. The van der Waals surface area contributed by atoms with Crippen LogP contribution in [0.3, 0.4) is 0 Å². The maximum atomic E-state index is 12.7. The van der Waals surface area contributed by atoms with E-state index in [1.54, 1.807) is 31.4 Å². The van der Waals surface area contributed by atoms with Crippen molar-refractivity contribution in [1.82, 2.24) is 9.88 Å². The van der Waals surface area contributed by atoms with Gasteiger partial charge in [-0.3, -0.25) is 4.79 Å². The third-order valence-electron chi connectivity index (χ3n) is 5.23. The number of ether oxygens (including phenoxy) is 2. The van der Waals surface area contributed by atoms with Crippen molar-refractivity contribution in [2.45, 2.75) is 32.7 Å². The van der Waals surface area contributed by atoms with Gasteiger partial charge in [0.25, 0.3) is 5.91 Å². The van der Waals surface area contributed by atoms with Gasteiger partial charge in [0.1, 0.15) is 5.82 Å². The van der Waals surface area contributed by atoms with Crippen LogP contribution in [0.1, 0.15) is 41.3 Å². The fourth-order valence-electron chi connectivity index (χ4n) is 3.52. The minimum atomic E-state index is 0.0425. The Balaban J connectivity index is 1.79. The van der Waals surface area contributed by atoms with E-state index in [0.717, 1.165) is 56.2 Å². The van der Waals surface area contributed by atoms with Gasteiger partial charge in [-0.2, -0.15) is 0 Å². The Labute approximate surface area is 167 Å². The molecule has 28 heavy (non-hydrogen) atoms. The molecule has 0 saturated heterocycles. The lowest BCUT2D eigenvalue weighted by molar-refractivity contribution is 0.0793. The van der Waals surface area contributed by atoms with Crippen LogP contribution in [0.4, 0.5) is 5.82 Å². The number of unbranched alkanes of at least 4 members (excludes halogenated alkanes) is 1. The first-order valence-corrected chi connectivity index (χ1v) is 9.77. The number of anilines is 1. The molecule has 1 aromatic carbocycles. The summed E-state index contributed by atoms with van der Waals surface area (Å²) in [6.07, 6.45) is 4.70. The number of aromatic nitrogens is 1. The molecule has 1 aliphatic heterocycles. The molecule has 150 valence electrons. The molecular formula is C22H29N3O3. The first kappa shape index (κ1) is 20.0. The fraction of sp³-hybridized carbons (Fsp3) is 0.455. The van der Waals surface area contributed by atoms with E-state index in [2.05, 4.69) is 22.9 Å². The van der Waals surface area contributed by atoms with E-state index in [9.17, 15) is 4.79 Å². The molecular weight excluding hydrogens is 354 g/mol. The van der Waals surface area contributed by atoms with Gasteiger partial charge >= 0.3 is 0 Å². The van der Waals surface area contributed by atoms with Crippen LogP contribution in [-0.2, 0) is 13.0 Å². The summed E-state index contributed by atoms with van der Waals surface area (Å²) >= 11 is 0. The number of hydrogen-bond donors (Lipinski definition) is 0. The van der Waals surface area contributed by atoms with Crippen LogP contribution in [0, 0.1) is 0 Å². The number of amides is 1. The molecule has 0 aliphatic carbocycles. The minimum Gasteiger partial charge on any atom is -0.493 e. The lowest BCUT2D eigenvalue weighted by Crippen LogP contribution is -2.32. The molecule has 1 amide bonds. The Hall–Kier alpha value is -2.76. The molecule has 0 radical (unpaired) electrons. The molecule has 0 atom stereocenters. The molecule has 3 rings (SSSR count). The van der Waals surface area contributed by atoms with Crippen LogP contribution in [0.5, 0.6) is 11.5 Å². The molecule has 2 aromatic rings. The van der Waals surface area contributed by atoms with E-state index in [0.29, 0.717) is 5.56 Å². The second-order valence-corrected chi connectivity index (χ2v) is 7.13. The summed E-state index contributed by atoms with van der Waals surface area (Å²) in [5.74, 6) is 2.36. The Bertz CT molecular complexity index is 838. The third-order valence-corrected chi connectivity index (χ3v) is 5.23. The summed E-state index contributed by atoms with van der Waals surface area (Å²) in [6.45, 7) is 4.47. The summed E-state index contributed by atoms with van der Waals surface area (Å²) in [7, 11) is 5.16. The summed E-state index contributed by atoms with van der Waals surface area (Å²) < 4.78 is 10.9. The van der Waals surface area contributed by atoms with E-state index in [1.165, 1.54) is 11.1 Å². The highest BCUT2D eigenvalue weighted by Gasteiger charge is 2.21. The SMILES string of the molecule is CCCCN(C)C(=O)c1ccnc(N2CCc3cc(OC)c(OC)cc3C2)c1. The lowest BCUT2D eigenvalue weighted by Gasteiger charge is -2.30. The van der Waals surface area contributed by atoms with Crippen molar-refractivity contribution in [3.63, 3.8) is 0 Å². The molecule has 6 nitrogen and oxygen atoms in total. The molecule has 1 aromatic heterocycles. The summed E-state index contributed by atoms with van der Waals surface area (Å²) in [6, 6.07) is 7.78. The molecule has 0 spiro atoms. The predicted molar refractivity (Wildman–Crippen MR) is 110 cm³/mol. The summed E-state index contributed by atoms with van der Waals surface area (Å²) in [5.41, 5.74) is 3.14. The number of carbonyl (C=O) groups is 1. The monoisotopic (exact) mass is 383 g/mol. The zero-order valence-electron chi connectivity index (χ0n) is 17.2. The lowest BCUT2D eigenvalue weighted by atomic mass is 9.98. The normalized spacial score (nSPS) is 13.1. The van der Waals surface area contributed by atoms with Crippen molar-refractivity contribution < 1.29 is 14.3 Å². The van der Waals surface area contributed by atoms with Crippen molar-refractivity contribution in [3.05, 3.63) is 47.2 Å². The summed E-state index contributed by atoms with van der Waals surface area (Å²) in [4.78, 5) is 21.2. The Morgan fingerprint density at radius 2 is 1.89 bits per heavy atom. The van der Waals surface area contributed by atoms with Crippen molar-refractivity contribution in [2.24, 2.45) is 0 Å². The zero-order valence-corrected chi connectivity index (χ0v) is 17.2. The topological polar surface area (TPSA) is 54.9 Å². The van der Waals surface area contributed by atoms with Crippen LogP contribution in [0.25, 0.3) is 0 Å². The van der Waals surface area contributed by atoms with Crippen LogP contribution in [0.15, 0.2) is 30.5 Å². The first-order valence-electron chi connectivity index (χ1n) is 9.77. The van der Waals surface area contributed by atoms with Gasteiger partial charge in [0.2, 0.25) is 0 Å². The molecule has 0 saturated carbocycles. The van der Waals surface area contributed by atoms with E-state index in [4.69, 9.17) is 9.47 Å². The van der Waals surface area contributed by atoms with Crippen molar-refractivity contribution in [2.75, 3.05) is 39.3 Å². The number of carbonyl (C=O) groups excluding carboxylic acids is 1. The Kier molecular flexibility index (Phi) is 6.39. The average Bonchev–Trinajstić information content (AvgIpc) is 2.75. The number of fused-ring (bicyclic) bond motifs is 1. The van der Waals surface area contributed by atoms with Crippen molar-refractivity contribution in [3.8, 4) is 11.5 Å². The number of nitrogens with zero attached hydrogens (tertiary/aromatic N) is 3. The van der Waals surface area contributed by atoms with Gasteiger partial charge in [0, 0.05) is 38.4 Å². The summed E-state index contributed by atoms with van der Waals surface area (Å²) in [5, 5.41) is 0. The highest BCUT2D eigenvalue weighted by molar-refractivity contribution is 5.94. The maximum absolute atomic E-state index is 12.7. The van der Waals surface area contributed by atoms with E-state index in [1.807, 2.05) is 19.2 Å². The average molecular weight is 383 g/mol.